The third kappa shape index (κ3) is 3.44. The van der Waals surface area contributed by atoms with Crippen LogP contribution in [-0.2, 0) is 10.0 Å². The molecule has 0 radical (unpaired) electrons. The predicted molar refractivity (Wildman–Crippen MR) is 77.5 cm³/mol. The van der Waals surface area contributed by atoms with Crippen molar-refractivity contribution in [3.05, 3.63) is 27.7 Å². The van der Waals surface area contributed by atoms with Crippen molar-refractivity contribution >= 4 is 39.1 Å². The van der Waals surface area contributed by atoms with E-state index in [2.05, 4.69) is 12.2 Å². The van der Waals surface area contributed by atoms with Gasteiger partial charge in [0, 0.05) is 6.54 Å². The topological polar surface area (TPSA) is 89.3 Å². The summed E-state index contributed by atoms with van der Waals surface area (Å²) in [5.74, 6) is -0.462. The number of amides is 1. The third-order valence-corrected chi connectivity index (χ3v) is 5.05. The highest BCUT2D eigenvalue weighted by atomic mass is 35.5. The highest BCUT2D eigenvalue weighted by Gasteiger charge is 2.37. The number of rotatable bonds is 4. The summed E-state index contributed by atoms with van der Waals surface area (Å²) >= 11 is 11.8. The van der Waals surface area contributed by atoms with Gasteiger partial charge in [-0.05, 0) is 30.4 Å². The minimum Gasteiger partial charge on any atom is -0.351 e. The van der Waals surface area contributed by atoms with Crippen molar-refractivity contribution in [1.29, 1.82) is 0 Å². The lowest BCUT2D eigenvalue weighted by molar-refractivity contribution is 0.0946. The molecule has 2 rings (SSSR count). The van der Waals surface area contributed by atoms with Crippen molar-refractivity contribution in [2.45, 2.75) is 24.7 Å². The minimum atomic E-state index is -3.95. The van der Waals surface area contributed by atoms with E-state index in [0.29, 0.717) is 6.54 Å². The Morgan fingerprint density at radius 3 is 2.50 bits per heavy atom. The van der Waals surface area contributed by atoms with E-state index in [-0.39, 0.29) is 25.9 Å². The van der Waals surface area contributed by atoms with Crippen LogP contribution in [0.15, 0.2) is 17.0 Å². The molecule has 1 saturated carbocycles. The Bertz CT molecular complexity index is 670. The van der Waals surface area contributed by atoms with Crippen molar-refractivity contribution in [1.82, 2.24) is 5.32 Å². The summed E-state index contributed by atoms with van der Waals surface area (Å²) in [5, 5.41) is 7.75. The van der Waals surface area contributed by atoms with E-state index in [1.54, 1.807) is 0 Å². The lowest BCUT2D eigenvalue weighted by Gasteiger charge is -2.12. The molecule has 1 aliphatic carbocycles. The number of nitrogens with two attached hydrogens (primary N) is 1. The number of carbonyl (C=O) groups is 1. The maximum atomic E-state index is 12.1. The standard InChI is InChI=1S/C12H14Cl2N2O3S/c1-12(2-3-12)6-16-11(17)8-4-7(20(15,18)19)5-9(13)10(8)14/h4-5H,2-3,6H2,1H3,(H,16,17)(H2,15,18,19). The van der Waals surface area contributed by atoms with Gasteiger partial charge >= 0.3 is 0 Å². The molecule has 0 bridgehead atoms. The molecule has 1 fully saturated rings. The van der Waals surface area contributed by atoms with Gasteiger partial charge < -0.3 is 5.32 Å². The summed E-state index contributed by atoms with van der Waals surface area (Å²) in [6.07, 6.45) is 2.11. The Morgan fingerprint density at radius 2 is 2.00 bits per heavy atom. The van der Waals surface area contributed by atoms with Gasteiger partial charge in [0.2, 0.25) is 10.0 Å². The first-order chi connectivity index (χ1) is 9.12. The fourth-order valence-corrected chi connectivity index (χ4v) is 2.72. The van der Waals surface area contributed by atoms with Crippen molar-refractivity contribution in [2.24, 2.45) is 10.6 Å². The van der Waals surface area contributed by atoms with Crippen LogP contribution in [0.2, 0.25) is 10.0 Å². The second-order valence-electron chi connectivity index (χ2n) is 5.30. The minimum absolute atomic E-state index is 0.00689. The summed E-state index contributed by atoms with van der Waals surface area (Å²) in [7, 11) is -3.95. The molecule has 1 aliphatic rings. The molecular weight excluding hydrogens is 323 g/mol. The number of halogens is 2. The van der Waals surface area contributed by atoms with Gasteiger partial charge in [-0.25, -0.2) is 13.6 Å². The zero-order valence-electron chi connectivity index (χ0n) is 10.7. The van der Waals surface area contributed by atoms with E-state index in [0.717, 1.165) is 25.0 Å². The fraction of sp³-hybridized carbons (Fsp3) is 0.417. The van der Waals surface area contributed by atoms with Crippen LogP contribution in [0.25, 0.3) is 0 Å². The third-order valence-electron chi connectivity index (χ3n) is 3.35. The molecule has 3 N–H and O–H groups in total. The van der Waals surface area contributed by atoms with Crippen LogP contribution in [0.3, 0.4) is 0 Å². The van der Waals surface area contributed by atoms with Crippen molar-refractivity contribution < 1.29 is 13.2 Å². The Labute approximate surface area is 127 Å². The average molecular weight is 337 g/mol. The molecule has 0 heterocycles. The van der Waals surface area contributed by atoms with E-state index in [1.807, 2.05) is 0 Å². The Balaban J connectivity index is 2.30. The van der Waals surface area contributed by atoms with Crippen LogP contribution in [0.1, 0.15) is 30.1 Å². The molecule has 0 saturated heterocycles. The van der Waals surface area contributed by atoms with Crippen molar-refractivity contribution in [3.63, 3.8) is 0 Å². The number of hydrogen-bond acceptors (Lipinski definition) is 3. The maximum absolute atomic E-state index is 12.1. The molecular formula is C12H14Cl2N2O3S. The average Bonchev–Trinajstić information content (AvgIpc) is 3.07. The highest BCUT2D eigenvalue weighted by molar-refractivity contribution is 7.89. The molecule has 0 aliphatic heterocycles. The monoisotopic (exact) mass is 336 g/mol. The number of carbonyl (C=O) groups excluding carboxylic acids is 1. The number of sulfonamides is 1. The van der Waals surface area contributed by atoms with Gasteiger partial charge in [-0.2, -0.15) is 0 Å². The lowest BCUT2D eigenvalue weighted by atomic mass is 10.1. The quantitative estimate of drug-likeness (QED) is 0.882. The largest absolute Gasteiger partial charge is 0.351 e. The number of nitrogens with one attached hydrogen (secondary N) is 1. The lowest BCUT2D eigenvalue weighted by Crippen LogP contribution is -2.29. The molecule has 0 spiro atoms. The van der Waals surface area contributed by atoms with E-state index in [4.69, 9.17) is 28.3 Å². The Morgan fingerprint density at radius 1 is 1.40 bits per heavy atom. The van der Waals surface area contributed by atoms with Crippen LogP contribution in [0.4, 0.5) is 0 Å². The first-order valence-corrected chi connectivity index (χ1v) is 8.23. The van der Waals surface area contributed by atoms with Gasteiger partial charge in [0.15, 0.2) is 0 Å². The summed E-state index contributed by atoms with van der Waals surface area (Å²) in [6.45, 7) is 2.57. The van der Waals surface area contributed by atoms with Gasteiger partial charge in [-0.15, -0.1) is 0 Å². The molecule has 0 atom stereocenters. The zero-order chi connectivity index (χ0) is 15.1. The van der Waals surface area contributed by atoms with E-state index >= 15 is 0 Å². The van der Waals surface area contributed by atoms with E-state index in [9.17, 15) is 13.2 Å². The second-order valence-corrected chi connectivity index (χ2v) is 7.65. The first kappa shape index (κ1) is 15.6. The van der Waals surface area contributed by atoms with Gasteiger partial charge in [-0.3, -0.25) is 4.79 Å². The van der Waals surface area contributed by atoms with Crippen LogP contribution >= 0.6 is 23.2 Å². The highest BCUT2D eigenvalue weighted by Crippen LogP contribution is 2.44. The van der Waals surface area contributed by atoms with Crippen LogP contribution in [0.5, 0.6) is 0 Å². The maximum Gasteiger partial charge on any atom is 0.252 e. The molecule has 20 heavy (non-hydrogen) atoms. The molecule has 5 nitrogen and oxygen atoms in total. The van der Waals surface area contributed by atoms with Crippen LogP contribution < -0.4 is 10.5 Å². The normalized spacial score (nSPS) is 16.8. The second kappa shape index (κ2) is 5.18. The Kier molecular flexibility index (Phi) is 4.03. The fourth-order valence-electron chi connectivity index (χ4n) is 1.67. The van der Waals surface area contributed by atoms with E-state index in [1.165, 1.54) is 0 Å². The van der Waals surface area contributed by atoms with Gasteiger partial charge in [0.1, 0.15) is 0 Å². The molecule has 0 unspecified atom stereocenters. The predicted octanol–water partition coefficient (Wildman–Crippen LogP) is 2.17. The molecule has 0 aromatic heterocycles. The van der Waals surface area contributed by atoms with Gasteiger partial charge in [-0.1, -0.05) is 30.1 Å². The number of benzene rings is 1. The summed E-state index contributed by atoms with van der Waals surface area (Å²) in [4.78, 5) is 11.8. The molecule has 1 aromatic carbocycles. The summed E-state index contributed by atoms with van der Waals surface area (Å²) in [6, 6.07) is 2.26. The summed E-state index contributed by atoms with van der Waals surface area (Å²) in [5.41, 5.74) is 0.135. The smallest absolute Gasteiger partial charge is 0.252 e. The summed E-state index contributed by atoms with van der Waals surface area (Å²) < 4.78 is 22.7. The zero-order valence-corrected chi connectivity index (χ0v) is 13.1. The van der Waals surface area contributed by atoms with E-state index < -0.39 is 15.9 Å². The van der Waals surface area contributed by atoms with Crippen LogP contribution in [-0.4, -0.2) is 20.9 Å². The Hall–Kier alpha value is -0.820. The molecule has 1 amide bonds. The van der Waals surface area contributed by atoms with Crippen LogP contribution in [0, 0.1) is 5.41 Å². The van der Waals surface area contributed by atoms with Crippen molar-refractivity contribution in [3.8, 4) is 0 Å². The van der Waals surface area contributed by atoms with Gasteiger partial charge in [0.05, 0.1) is 20.5 Å². The SMILES string of the molecule is CC1(CNC(=O)c2cc(S(N)(=O)=O)cc(Cl)c2Cl)CC1. The molecule has 1 aromatic rings. The first-order valence-electron chi connectivity index (χ1n) is 5.92. The molecule has 110 valence electrons. The van der Waals surface area contributed by atoms with Crippen molar-refractivity contribution in [2.75, 3.05) is 6.54 Å². The number of primary sulfonamides is 1. The molecule has 8 heteroatoms. The van der Waals surface area contributed by atoms with Gasteiger partial charge in [0.25, 0.3) is 5.91 Å². The number of hydrogen-bond donors (Lipinski definition) is 2.